The predicted octanol–water partition coefficient (Wildman–Crippen LogP) is 1.74. The smallest absolute Gasteiger partial charge is 0.191 e. The minimum absolute atomic E-state index is 0. The lowest BCUT2D eigenvalue weighted by molar-refractivity contribution is 0.264. The van der Waals surface area contributed by atoms with Gasteiger partial charge in [0.2, 0.25) is 0 Å². The maximum atomic E-state index is 4.67. The molecule has 1 atom stereocenters. The molecule has 0 bridgehead atoms. The molecular weight excluding hydrogens is 429 g/mol. The standard InChI is InChI=1S/C17H27N7.HI/c1-4-18-17(19-11-14(23(2)3)13-8-9-13)20-12-16-22-21-15-7-5-6-10-24(15)16;/h5-7,10,13-14H,4,8-9,11-12H2,1-3H3,(H2,18,19,20);1H. The number of pyridine rings is 1. The van der Waals surface area contributed by atoms with E-state index in [0.29, 0.717) is 12.6 Å². The second-order valence-electron chi connectivity index (χ2n) is 6.49. The van der Waals surface area contributed by atoms with Gasteiger partial charge >= 0.3 is 0 Å². The Bertz CT molecular complexity index is 691. The molecule has 0 radical (unpaired) electrons. The second-order valence-corrected chi connectivity index (χ2v) is 6.49. The number of rotatable bonds is 7. The van der Waals surface area contributed by atoms with Crippen molar-refractivity contribution < 1.29 is 0 Å². The zero-order valence-corrected chi connectivity index (χ0v) is 17.5. The molecule has 1 aliphatic rings. The first-order chi connectivity index (χ1) is 11.7. The van der Waals surface area contributed by atoms with Crippen molar-refractivity contribution >= 4 is 35.6 Å². The number of guanidine groups is 1. The lowest BCUT2D eigenvalue weighted by atomic mass is 10.1. The van der Waals surface area contributed by atoms with Crippen LogP contribution >= 0.6 is 24.0 Å². The molecule has 0 amide bonds. The van der Waals surface area contributed by atoms with Crippen molar-refractivity contribution in [3.8, 4) is 0 Å². The molecule has 2 aromatic heterocycles. The van der Waals surface area contributed by atoms with Gasteiger partial charge in [0.15, 0.2) is 17.4 Å². The van der Waals surface area contributed by atoms with Crippen LogP contribution < -0.4 is 10.6 Å². The van der Waals surface area contributed by atoms with Crippen LogP contribution in [0.2, 0.25) is 0 Å². The first kappa shape index (κ1) is 19.9. The fourth-order valence-electron chi connectivity index (χ4n) is 2.94. The summed E-state index contributed by atoms with van der Waals surface area (Å²) in [5.74, 6) is 2.49. The fourth-order valence-corrected chi connectivity index (χ4v) is 2.94. The Hall–Kier alpha value is -1.42. The molecule has 1 aliphatic carbocycles. The number of hydrogen-bond acceptors (Lipinski definition) is 4. The summed E-state index contributed by atoms with van der Waals surface area (Å²) in [6, 6.07) is 6.44. The van der Waals surface area contributed by atoms with Crippen molar-refractivity contribution in [2.75, 3.05) is 27.2 Å². The molecule has 0 spiro atoms. The maximum Gasteiger partial charge on any atom is 0.191 e. The van der Waals surface area contributed by atoms with Gasteiger partial charge in [-0.25, -0.2) is 4.99 Å². The van der Waals surface area contributed by atoms with Crippen LogP contribution in [-0.2, 0) is 6.54 Å². The van der Waals surface area contributed by atoms with Crippen molar-refractivity contribution in [3.05, 3.63) is 30.2 Å². The van der Waals surface area contributed by atoms with Crippen LogP contribution in [0.3, 0.4) is 0 Å². The Labute approximate surface area is 166 Å². The van der Waals surface area contributed by atoms with Crippen molar-refractivity contribution in [3.63, 3.8) is 0 Å². The van der Waals surface area contributed by atoms with Crippen LogP contribution in [0.1, 0.15) is 25.6 Å². The molecule has 8 heteroatoms. The average molecular weight is 457 g/mol. The third kappa shape index (κ3) is 5.27. The number of nitrogens with zero attached hydrogens (tertiary/aromatic N) is 5. The van der Waals surface area contributed by atoms with Gasteiger partial charge in [0.1, 0.15) is 6.54 Å². The molecule has 138 valence electrons. The fraction of sp³-hybridized carbons (Fsp3) is 0.588. The molecule has 0 aromatic carbocycles. The second kappa shape index (κ2) is 9.33. The van der Waals surface area contributed by atoms with Crippen LogP contribution in [0, 0.1) is 5.92 Å². The number of aromatic nitrogens is 3. The summed E-state index contributed by atoms with van der Waals surface area (Å²) in [5, 5.41) is 15.2. The summed E-state index contributed by atoms with van der Waals surface area (Å²) < 4.78 is 1.97. The Balaban J connectivity index is 0.00000225. The van der Waals surface area contributed by atoms with Crippen LogP contribution in [0.15, 0.2) is 29.4 Å². The van der Waals surface area contributed by atoms with Crippen LogP contribution in [0.5, 0.6) is 0 Å². The third-order valence-electron chi connectivity index (χ3n) is 4.42. The molecule has 3 rings (SSSR count). The minimum Gasteiger partial charge on any atom is -0.357 e. The van der Waals surface area contributed by atoms with E-state index in [4.69, 9.17) is 0 Å². The van der Waals surface area contributed by atoms with E-state index >= 15 is 0 Å². The normalized spacial score (nSPS) is 15.9. The largest absolute Gasteiger partial charge is 0.357 e. The quantitative estimate of drug-likeness (QED) is 0.377. The van der Waals surface area contributed by atoms with Crippen molar-refractivity contribution in [2.45, 2.75) is 32.4 Å². The van der Waals surface area contributed by atoms with Crippen molar-refractivity contribution in [2.24, 2.45) is 10.9 Å². The maximum absolute atomic E-state index is 4.67. The molecule has 7 nitrogen and oxygen atoms in total. The number of aliphatic imine (C=N–C) groups is 1. The minimum atomic E-state index is 0. The first-order valence-corrected chi connectivity index (χ1v) is 8.66. The summed E-state index contributed by atoms with van der Waals surface area (Å²) in [6.07, 6.45) is 4.64. The SMILES string of the molecule is CCNC(=NCc1nnc2ccccn12)NCC(C1CC1)N(C)C.I. The van der Waals surface area contributed by atoms with Gasteiger partial charge in [0.25, 0.3) is 0 Å². The highest BCUT2D eigenvalue weighted by atomic mass is 127. The van der Waals surface area contributed by atoms with Gasteiger partial charge in [0.05, 0.1) is 0 Å². The van der Waals surface area contributed by atoms with Crippen molar-refractivity contribution in [1.82, 2.24) is 30.1 Å². The first-order valence-electron chi connectivity index (χ1n) is 8.66. The summed E-state index contributed by atoms with van der Waals surface area (Å²) in [4.78, 5) is 6.98. The number of nitrogens with one attached hydrogen (secondary N) is 2. The van der Waals surface area contributed by atoms with Gasteiger partial charge < -0.3 is 15.5 Å². The molecule has 1 fully saturated rings. The Morgan fingerprint density at radius 1 is 1.32 bits per heavy atom. The Morgan fingerprint density at radius 3 is 2.80 bits per heavy atom. The number of likely N-dealkylation sites (N-methyl/N-ethyl adjacent to an activating group) is 1. The number of halogens is 1. The molecule has 0 saturated heterocycles. The van der Waals surface area contributed by atoms with Gasteiger partial charge in [0, 0.05) is 25.3 Å². The Kier molecular flexibility index (Phi) is 7.42. The third-order valence-corrected chi connectivity index (χ3v) is 4.42. The summed E-state index contributed by atoms with van der Waals surface area (Å²) in [5.41, 5.74) is 0.849. The van der Waals surface area contributed by atoms with Gasteiger partial charge in [-0.2, -0.15) is 0 Å². The van der Waals surface area contributed by atoms with E-state index in [0.717, 1.165) is 36.4 Å². The van der Waals surface area contributed by atoms with E-state index in [1.807, 2.05) is 28.8 Å². The molecule has 2 heterocycles. The molecule has 2 aromatic rings. The molecule has 0 aliphatic heterocycles. The zero-order valence-electron chi connectivity index (χ0n) is 15.1. The highest BCUT2D eigenvalue weighted by molar-refractivity contribution is 14.0. The van der Waals surface area contributed by atoms with Crippen LogP contribution in [0.4, 0.5) is 0 Å². The van der Waals surface area contributed by atoms with Gasteiger partial charge in [-0.15, -0.1) is 34.2 Å². The Morgan fingerprint density at radius 2 is 2.12 bits per heavy atom. The molecular formula is C17H28IN7. The average Bonchev–Trinajstić information content (AvgIpc) is 3.32. The lowest BCUT2D eigenvalue weighted by Gasteiger charge is -2.25. The molecule has 1 unspecified atom stereocenters. The molecule has 1 saturated carbocycles. The van der Waals surface area contributed by atoms with Crippen molar-refractivity contribution in [1.29, 1.82) is 0 Å². The predicted molar refractivity (Wildman–Crippen MR) is 111 cm³/mol. The van der Waals surface area contributed by atoms with E-state index in [1.54, 1.807) is 0 Å². The molecule has 2 N–H and O–H groups in total. The number of hydrogen-bond donors (Lipinski definition) is 2. The highest BCUT2D eigenvalue weighted by Crippen LogP contribution is 2.34. The van der Waals surface area contributed by atoms with E-state index in [2.05, 4.69) is 51.7 Å². The van der Waals surface area contributed by atoms with Gasteiger partial charge in [-0.05, 0) is 51.9 Å². The lowest BCUT2D eigenvalue weighted by Crippen LogP contribution is -2.46. The van der Waals surface area contributed by atoms with Crippen LogP contribution in [-0.4, -0.2) is 58.7 Å². The summed E-state index contributed by atoms with van der Waals surface area (Å²) in [6.45, 7) is 4.32. The number of fused-ring (bicyclic) bond motifs is 1. The van der Waals surface area contributed by atoms with Crippen LogP contribution in [0.25, 0.3) is 5.65 Å². The van der Waals surface area contributed by atoms with Gasteiger partial charge in [-0.3, -0.25) is 4.40 Å². The summed E-state index contributed by atoms with van der Waals surface area (Å²) in [7, 11) is 4.30. The van der Waals surface area contributed by atoms with E-state index in [-0.39, 0.29) is 24.0 Å². The van der Waals surface area contributed by atoms with E-state index in [1.165, 1.54) is 12.8 Å². The zero-order chi connectivity index (χ0) is 16.9. The van der Waals surface area contributed by atoms with E-state index < -0.39 is 0 Å². The highest BCUT2D eigenvalue weighted by Gasteiger charge is 2.32. The molecule has 25 heavy (non-hydrogen) atoms. The van der Waals surface area contributed by atoms with E-state index in [9.17, 15) is 0 Å². The summed E-state index contributed by atoms with van der Waals surface area (Å²) >= 11 is 0. The topological polar surface area (TPSA) is 69.8 Å². The van der Waals surface area contributed by atoms with Gasteiger partial charge in [-0.1, -0.05) is 6.07 Å². The monoisotopic (exact) mass is 457 g/mol.